The van der Waals surface area contributed by atoms with E-state index in [0.29, 0.717) is 6.54 Å². The molecule has 4 heteroatoms. The van der Waals surface area contributed by atoms with Gasteiger partial charge in [0.2, 0.25) is 0 Å². The van der Waals surface area contributed by atoms with E-state index in [-0.39, 0.29) is 5.82 Å². The number of halogens is 2. The van der Waals surface area contributed by atoms with E-state index in [1.807, 2.05) is 18.2 Å². The zero-order chi connectivity index (χ0) is 13.7. The Labute approximate surface area is 125 Å². The van der Waals surface area contributed by atoms with E-state index in [0.717, 1.165) is 21.5 Å². The molecule has 2 aromatic rings. The zero-order valence-electron chi connectivity index (χ0n) is 10.6. The maximum atomic E-state index is 13.2. The second kappa shape index (κ2) is 6.96. The van der Waals surface area contributed by atoms with Gasteiger partial charge < -0.3 is 5.32 Å². The lowest BCUT2D eigenvalue weighted by atomic mass is 10.2. The topological polar surface area (TPSA) is 12.0 Å². The third kappa shape index (κ3) is 3.98. The van der Waals surface area contributed by atoms with E-state index in [1.165, 1.54) is 11.0 Å². The van der Waals surface area contributed by atoms with Gasteiger partial charge in [-0.15, -0.1) is 11.8 Å². The smallest absolute Gasteiger partial charge is 0.123 e. The Hall–Kier alpha value is -1.00. The van der Waals surface area contributed by atoms with Gasteiger partial charge in [0.1, 0.15) is 5.82 Å². The van der Waals surface area contributed by atoms with Gasteiger partial charge in [0, 0.05) is 21.6 Å². The third-order valence-corrected chi connectivity index (χ3v) is 4.39. The van der Waals surface area contributed by atoms with Crippen molar-refractivity contribution >= 4 is 33.4 Å². The molecule has 100 valence electrons. The minimum Gasteiger partial charge on any atom is -0.380 e. The van der Waals surface area contributed by atoms with Gasteiger partial charge in [0.05, 0.1) is 0 Å². The molecule has 19 heavy (non-hydrogen) atoms. The normalized spacial score (nSPS) is 10.5. The molecule has 0 amide bonds. The van der Waals surface area contributed by atoms with E-state index >= 15 is 0 Å². The summed E-state index contributed by atoms with van der Waals surface area (Å²) in [7, 11) is 0. The number of nitrogens with one attached hydrogen (secondary N) is 1. The molecule has 0 aliphatic heterocycles. The Morgan fingerprint density at radius 3 is 2.79 bits per heavy atom. The van der Waals surface area contributed by atoms with Crippen LogP contribution in [0, 0.1) is 5.82 Å². The first-order valence-corrected chi connectivity index (χ1v) is 7.88. The van der Waals surface area contributed by atoms with Crippen LogP contribution in [-0.2, 0) is 6.54 Å². The van der Waals surface area contributed by atoms with Crippen LogP contribution in [0.4, 0.5) is 10.1 Å². The average molecular weight is 340 g/mol. The van der Waals surface area contributed by atoms with Crippen molar-refractivity contribution in [2.75, 3.05) is 11.1 Å². The fourth-order valence-corrected chi connectivity index (χ4v) is 2.93. The van der Waals surface area contributed by atoms with Gasteiger partial charge in [0.15, 0.2) is 0 Å². The molecule has 0 saturated heterocycles. The zero-order valence-corrected chi connectivity index (χ0v) is 13.0. The minimum atomic E-state index is -0.212. The lowest BCUT2D eigenvalue weighted by molar-refractivity contribution is 0.625. The van der Waals surface area contributed by atoms with Gasteiger partial charge in [-0.05, 0) is 41.6 Å². The summed E-state index contributed by atoms with van der Waals surface area (Å²) in [6.07, 6.45) is 0. The number of hydrogen-bond acceptors (Lipinski definition) is 2. The van der Waals surface area contributed by atoms with E-state index in [4.69, 9.17) is 0 Å². The number of rotatable bonds is 5. The fraction of sp³-hybridized carbons (Fsp3) is 0.200. The molecule has 0 unspecified atom stereocenters. The highest BCUT2D eigenvalue weighted by Gasteiger charge is 2.04. The molecule has 0 fully saturated rings. The van der Waals surface area contributed by atoms with E-state index < -0.39 is 0 Å². The van der Waals surface area contributed by atoms with Gasteiger partial charge in [-0.3, -0.25) is 0 Å². The summed E-state index contributed by atoms with van der Waals surface area (Å²) in [5, 5.41) is 3.36. The highest BCUT2D eigenvalue weighted by molar-refractivity contribution is 9.10. The molecule has 0 spiro atoms. The van der Waals surface area contributed by atoms with Crippen LogP contribution in [0.5, 0.6) is 0 Å². The molecule has 2 aromatic carbocycles. The standard InChI is InChI=1S/C15H15BrFNS/c1-2-19-15-6-4-3-5-14(15)18-10-11-9-12(17)7-8-13(11)16/h3-9,18H,2,10H2,1H3. The first-order chi connectivity index (χ1) is 9.20. The lowest BCUT2D eigenvalue weighted by Crippen LogP contribution is -2.01. The van der Waals surface area contributed by atoms with Crippen molar-refractivity contribution in [3.63, 3.8) is 0 Å². The Balaban J connectivity index is 2.12. The van der Waals surface area contributed by atoms with Gasteiger partial charge in [-0.2, -0.15) is 0 Å². The van der Waals surface area contributed by atoms with Crippen LogP contribution in [0.3, 0.4) is 0 Å². The van der Waals surface area contributed by atoms with Crippen molar-refractivity contribution in [1.29, 1.82) is 0 Å². The predicted octanol–water partition coefficient (Wildman–Crippen LogP) is 5.31. The van der Waals surface area contributed by atoms with E-state index in [9.17, 15) is 4.39 Å². The molecule has 0 aliphatic carbocycles. The van der Waals surface area contributed by atoms with Crippen molar-refractivity contribution in [1.82, 2.24) is 0 Å². The van der Waals surface area contributed by atoms with Gasteiger partial charge >= 0.3 is 0 Å². The van der Waals surface area contributed by atoms with Crippen LogP contribution in [0.25, 0.3) is 0 Å². The fourth-order valence-electron chi connectivity index (χ4n) is 1.76. The highest BCUT2D eigenvalue weighted by atomic mass is 79.9. The summed E-state index contributed by atoms with van der Waals surface area (Å²) in [6.45, 7) is 2.73. The summed E-state index contributed by atoms with van der Waals surface area (Å²) < 4.78 is 14.1. The van der Waals surface area contributed by atoms with Crippen LogP contribution in [-0.4, -0.2) is 5.75 Å². The molecule has 0 saturated carbocycles. The van der Waals surface area contributed by atoms with Crippen LogP contribution < -0.4 is 5.32 Å². The molecule has 0 bridgehead atoms. The molecule has 1 N–H and O–H groups in total. The average Bonchev–Trinajstić information content (AvgIpc) is 2.42. The lowest BCUT2D eigenvalue weighted by Gasteiger charge is -2.12. The first-order valence-electron chi connectivity index (χ1n) is 6.10. The Morgan fingerprint density at radius 1 is 1.21 bits per heavy atom. The number of para-hydroxylation sites is 1. The quantitative estimate of drug-likeness (QED) is 0.740. The summed E-state index contributed by atoms with van der Waals surface area (Å²) >= 11 is 5.24. The summed E-state index contributed by atoms with van der Waals surface area (Å²) in [4.78, 5) is 1.22. The number of benzene rings is 2. The Bertz CT molecular complexity index is 560. The number of hydrogen-bond donors (Lipinski definition) is 1. The molecule has 2 rings (SSSR count). The SMILES string of the molecule is CCSc1ccccc1NCc1cc(F)ccc1Br. The molecule has 1 nitrogen and oxygen atoms in total. The molecule has 0 radical (unpaired) electrons. The largest absolute Gasteiger partial charge is 0.380 e. The van der Waals surface area contributed by atoms with Crippen molar-refractivity contribution in [3.8, 4) is 0 Å². The van der Waals surface area contributed by atoms with Crippen molar-refractivity contribution in [3.05, 3.63) is 58.3 Å². The van der Waals surface area contributed by atoms with Crippen LogP contribution in [0.2, 0.25) is 0 Å². The maximum Gasteiger partial charge on any atom is 0.123 e. The van der Waals surface area contributed by atoms with Gasteiger partial charge in [-0.25, -0.2) is 4.39 Å². The van der Waals surface area contributed by atoms with E-state index in [2.05, 4.69) is 34.2 Å². The summed E-state index contributed by atoms with van der Waals surface area (Å²) in [6, 6.07) is 12.9. The molecule has 0 aromatic heterocycles. The summed E-state index contributed by atoms with van der Waals surface area (Å²) in [5.41, 5.74) is 2.00. The number of anilines is 1. The van der Waals surface area contributed by atoms with Crippen LogP contribution >= 0.6 is 27.7 Å². The summed E-state index contributed by atoms with van der Waals surface area (Å²) in [5.74, 6) is 0.818. The minimum absolute atomic E-state index is 0.212. The monoisotopic (exact) mass is 339 g/mol. The molecule has 0 aliphatic rings. The van der Waals surface area contributed by atoms with Crippen molar-refractivity contribution in [2.24, 2.45) is 0 Å². The molecule has 0 atom stereocenters. The Kier molecular flexibility index (Phi) is 5.28. The van der Waals surface area contributed by atoms with Gasteiger partial charge in [0.25, 0.3) is 0 Å². The number of thioether (sulfide) groups is 1. The molecular formula is C15H15BrFNS. The second-order valence-electron chi connectivity index (χ2n) is 4.02. The Morgan fingerprint density at radius 2 is 2.00 bits per heavy atom. The van der Waals surface area contributed by atoms with Gasteiger partial charge in [-0.1, -0.05) is 35.0 Å². The third-order valence-electron chi connectivity index (χ3n) is 2.66. The van der Waals surface area contributed by atoms with E-state index in [1.54, 1.807) is 23.9 Å². The first kappa shape index (κ1) is 14.4. The van der Waals surface area contributed by atoms with Crippen molar-refractivity contribution < 1.29 is 4.39 Å². The second-order valence-corrected chi connectivity index (χ2v) is 6.18. The maximum absolute atomic E-state index is 13.2. The predicted molar refractivity (Wildman–Crippen MR) is 84.3 cm³/mol. The van der Waals surface area contributed by atoms with Crippen LogP contribution in [0.15, 0.2) is 51.8 Å². The molecule has 0 heterocycles. The van der Waals surface area contributed by atoms with Crippen molar-refractivity contribution in [2.45, 2.75) is 18.4 Å². The highest BCUT2D eigenvalue weighted by Crippen LogP contribution is 2.27. The van der Waals surface area contributed by atoms with Crippen LogP contribution in [0.1, 0.15) is 12.5 Å². The molecular weight excluding hydrogens is 325 g/mol.